The van der Waals surface area contributed by atoms with E-state index in [-0.39, 0.29) is 0 Å². The molecule has 1 fully saturated rings. The normalized spacial score (nSPS) is 18.5. The maximum absolute atomic E-state index is 5.59. The highest BCUT2D eigenvalue weighted by molar-refractivity contribution is 7.09. The molecular formula is C13H23N3S. The zero-order valence-corrected chi connectivity index (χ0v) is 11.5. The Labute approximate surface area is 108 Å². The molecule has 1 saturated carbocycles. The molecule has 0 amide bonds. The summed E-state index contributed by atoms with van der Waals surface area (Å²) in [6.07, 6.45) is 8.31. The van der Waals surface area contributed by atoms with Gasteiger partial charge in [-0.2, -0.15) is 0 Å². The predicted octanol–water partition coefficient (Wildman–Crippen LogP) is 2.76. The van der Waals surface area contributed by atoms with Gasteiger partial charge in [-0.15, -0.1) is 11.3 Å². The number of nitrogens with two attached hydrogens (primary N) is 1. The summed E-state index contributed by atoms with van der Waals surface area (Å²) in [6.45, 7) is 1.54. The Morgan fingerprint density at radius 2 is 2.06 bits per heavy atom. The summed E-state index contributed by atoms with van der Waals surface area (Å²) in [5.41, 5.74) is 6.77. The minimum atomic E-state index is 0.567. The molecule has 0 saturated heterocycles. The monoisotopic (exact) mass is 253 g/mol. The van der Waals surface area contributed by atoms with Crippen LogP contribution in [0.15, 0.2) is 5.38 Å². The van der Waals surface area contributed by atoms with Gasteiger partial charge < -0.3 is 5.73 Å². The zero-order valence-electron chi connectivity index (χ0n) is 10.7. The molecule has 1 aromatic heterocycles. The molecule has 0 atom stereocenters. The fraction of sp³-hybridized carbons (Fsp3) is 0.769. The van der Waals surface area contributed by atoms with Crippen molar-refractivity contribution in [3.8, 4) is 0 Å². The molecule has 0 aliphatic heterocycles. The Balaban J connectivity index is 1.88. The lowest BCUT2D eigenvalue weighted by molar-refractivity contribution is 0.211. The molecule has 96 valence electrons. The molecule has 0 aromatic carbocycles. The van der Waals surface area contributed by atoms with Crippen LogP contribution in [-0.4, -0.2) is 23.0 Å². The molecule has 0 unspecified atom stereocenters. The van der Waals surface area contributed by atoms with E-state index in [0.29, 0.717) is 6.54 Å². The van der Waals surface area contributed by atoms with Crippen LogP contribution in [0.1, 0.15) is 49.2 Å². The van der Waals surface area contributed by atoms with Crippen LogP contribution in [0.3, 0.4) is 0 Å². The van der Waals surface area contributed by atoms with E-state index in [2.05, 4.69) is 22.3 Å². The van der Waals surface area contributed by atoms with Crippen molar-refractivity contribution in [2.24, 2.45) is 5.73 Å². The highest BCUT2D eigenvalue weighted by Crippen LogP contribution is 2.22. The third kappa shape index (κ3) is 3.76. The van der Waals surface area contributed by atoms with Gasteiger partial charge in [-0.05, 0) is 19.9 Å². The Hall–Kier alpha value is -0.450. The maximum atomic E-state index is 5.59. The van der Waals surface area contributed by atoms with E-state index < -0.39 is 0 Å². The van der Waals surface area contributed by atoms with Crippen molar-refractivity contribution in [2.45, 2.75) is 57.7 Å². The fourth-order valence-corrected chi connectivity index (χ4v) is 3.26. The van der Waals surface area contributed by atoms with E-state index in [0.717, 1.165) is 17.6 Å². The van der Waals surface area contributed by atoms with Crippen LogP contribution < -0.4 is 5.73 Å². The summed E-state index contributed by atoms with van der Waals surface area (Å²) < 4.78 is 0. The average molecular weight is 253 g/mol. The maximum Gasteiger partial charge on any atom is 0.106 e. The highest BCUT2D eigenvalue weighted by Gasteiger charge is 2.17. The van der Waals surface area contributed by atoms with Crippen molar-refractivity contribution in [3.05, 3.63) is 16.1 Å². The van der Waals surface area contributed by atoms with Crippen LogP contribution in [0, 0.1) is 0 Å². The van der Waals surface area contributed by atoms with E-state index >= 15 is 0 Å². The molecule has 17 heavy (non-hydrogen) atoms. The first-order chi connectivity index (χ1) is 8.29. The van der Waals surface area contributed by atoms with Gasteiger partial charge in [0.2, 0.25) is 0 Å². The minimum Gasteiger partial charge on any atom is -0.325 e. The van der Waals surface area contributed by atoms with Crippen LogP contribution in [0.4, 0.5) is 0 Å². The van der Waals surface area contributed by atoms with E-state index in [9.17, 15) is 0 Å². The smallest absolute Gasteiger partial charge is 0.106 e. The predicted molar refractivity (Wildman–Crippen MR) is 73.0 cm³/mol. The van der Waals surface area contributed by atoms with Gasteiger partial charge in [0.1, 0.15) is 5.01 Å². The molecule has 2 rings (SSSR count). The Morgan fingerprint density at radius 3 is 2.65 bits per heavy atom. The van der Waals surface area contributed by atoms with Crippen LogP contribution in [0.25, 0.3) is 0 Å². The summed E-state index contributed by atoms with van der Waals surface area (Å²) in [6, 6.07) is 0.750. The largest absolute Gasteiger partial charge is 0.325 e. The Morgan fingerprint density at radius 1 is 1.35 bits per heavy atom. The van der Waals surface area contributed by atoms with Gasteiger partial charge >= 0.3 is 0 Å². The van der Waals surface area contributed by atoms with Crippen molar-refractivity contribution < 1.29 is 0 Å². The van der Waals surface area contributed by atoms with E-state index in [1.54, 1.807) is 11.3 Å². The van der Waals surface area contributed by atoms with Gasteiger partial charge in [0, 0.05) is 24.5 Å². The molecule has 1 aliphatic carbocycles. The Kier molecular flexibility index (Phi) is 4.95. The quantitative estimate of drug-likeness (QED) is 0.839. The summed E-state index contributed by atoms with van der Waals surface area (Å²) in [7, 11) is 2.23. The van der Waals surface area contributed by atoms with Gasteiger partial charge in [0.25, 0.3) is 0 Å². The molecular weight excluding hydrogens is 230 g/mol. The number of aromatic nitrogens is 1. The molecule has 0 radical (unpaired) electrons. The van der Waals surface area contributed by atoms with E-state index in [4.69, 9.17) is 5.73 Å². The topological polar surface area (TPSA) is 42.1 Å². The molecule has 1 aliphatic rings. The molecule has 0 spiro atoms. The number of hydrogen-bond donors (Lipinski definition) is 1. The van der Waals surface area contributed by atoms with Crippen LogP contribution in [-0.2, 0) is 13.1 Å². The molecule has 4 heteroatoms. The molecule has 0 bridgehead atoms. The fourth-order valence-electron chi connectivity index (χ4n) is 2.60. The highest BCUT2D eigenvalue weighted by atomic mass is 32.1. The van der Waals surface area contributed by atoms with Crippen molar-refractivity contribution in [1.82, 2.24) is 9.88 Å². The third-order valence-electron chi connectivity index (χ3n) is 3.63. The molecule has 1 heterocycles. The number of nitrogens with zero attached hydrogens (tertiary/aromatic N) is 2. The summed E-state index contributed by atoms with van der Waals surface area (Å²) in [5, 5.41) is 3.20. The standard InChI is InChI=1S/C13H23N3S/c1-16(12-6-4-2-3-5-7-12)9-11-10-17-13(8-14)15-11/h10,12H,2-9,14H2,1H3. The lowest BCUT2D eigenvalue weighted by Crippen LogP contribution is -2.30. The first-order valence-corrected chi connectivity index (χ1v) is 7.51. The SMILES string of the molecule is CN(Cc1csc(CN)n1)C1CCCCCC1. The van der Waals surface area contributed by atoms with Crippen molar-refractivity contribution >= 4 is 11.3 Å². The van der Waals surface area contributed by atoms with Gasteiger partial charge in [-0.3, -0.25) is 4.90 Å². The number of thiazole rings is 1. The average Bonchev–Trinajstić information content (AvgIpc) is 2.62. The summed E-state index contributed by atoms with van der Waals surface area (Å²) in [5.74, 6) is 0. The van der Waals surface area contributed by atoms with Crippen LogP contribution in [0.2, 0.25) is 0 Å². The zero-order chi connectivity index (χ0) is 12.1. The second kappa shape index (κ2) is 6.47. The third-order valence-corrected chi connectivity index (χ3v) is 4.55. The lowest BCUT2D eigenvalue weighted by atomic mass is 10.1. The molecule has 2 N–H and O–H groups in total. The Bertz CT molecular complexity index is 329. The van der Waals surface area contributed by atoms with Crippen molar-refractivity contribution in [1.29, 1.82) is 0 Å². The van der Waals surface area contributed by atoms with Crippen LogP contribution >= 0.6 is 11.3 Å². The molecule has 1 aromatic rings. The van der Waals surface area contributed by atoms with Crippen molar-refractivity contribution in [2.75, 3.05) is 7.05 Å². The van der Waals surface area contributed by atoms with Gasteiger partial charge in [-0.25, -0.2) is 4.98 Å². The second-order valence-electron chi connectivity index (χ2n) is 5.00. The first kappa shape index (κ1) is 13.0. The summed E-state index contributed by atoms with van der Waals surface area (Å²) in [4.78, 5) is 7.01. The minimum absolute atomic E-state index is 0.567. The van der Waals surface area contributed by atoms with Crippen LogP contribution in [0.5, 0.6) is 0 Å². The number of rotatable bonds is 4. The lowest BCUT2D eigenvalue weighted by Gasteiger charge is -2.26. The second-order valence-corrected chi connectivity index (χ2v) is 5.94. The van der Waals surface area contributed by atoms with Gasteiger partial charge in [0.15, 0.2) is 0 Å². The van der Waals surface area contributed by atoms with E-state index in [1.807, 2.05) is 0 Å². The first-order valence-electron chi connectivity index (χ1n) is 6.63. The van der Waals surface area contributed by atoms with E-state index in [1.165, 1.54) is 44.2 Å². The van der Waals surface area contributed by atoms with Gasteiger partial charge in [-0.1, -0.05) is 25.7 Å². The van der Waals surface area contributed by atoms with Crippen molar-refractivity contribution in [3.63, 3.8) is 0 Å². The van der Waals surface area contributed by atoms with Gasteiger partial charge in [0.05, 0.1) is 5.69 Å². The number of hydrogen-bond acceptors (Lipinski definition) is 4. The summed E-state index contributed by atoms with van der Waals surface area (Å²) >= 11 is 1.68. The molecule has 3 nitrogen and oxygen atoms in total.